The molecular formula is C15H14ClNO2. The molecule has 0 aliphatic heterocycles. The largest absolute Gasteiger partial charge is 0.481 e. The molecule has 1 N–H and O–H groups in total. The first-order chi connectivity index (χ1) is 9.09. The zero-order valence-electron chi connectivity index (χ0n) is 10.5. The summed E-state index contributed by atoms with van der Waals surface area (Å²) in [5.41, 5.74) is 2.50. The third-order valence-electron chi connectivity index (χ3n) is 3.12. The number of carboxylic acid groups (broad SMARTS) is 1. The summed E-state index contributed by atoms with van der Waals surface area (Å²) < 4.78 is 0. The Kier molecular flexibility index (Phi) is 4.17. The number of carbonyl (C=O) groups is 1. The molecule has 0 amide bonds. The number of rotatable bonds is 4. The molecule has 3 nitrogen and oxygen atoms in total. The van der Waals surface area contributed by atoms with Crippen LogP contribution in [0.4, 0.5) is 0 Å². The fourth-order valence-electron chi connectivity index (χ4n) is 2.09. The number of nitrogens with zero attached hydrogens (tertiary/aromatic N) is 1. The highest BCUT2D eigenvalue weighted by Crippen LogP contribution is 2.27. The highest BCUT2D eigenvalue weighted by Gasteiger charge is 2.22. The summed E-state index contributed by atoms with van der Waals surface area (Å²) >= 11 is 6.09. The van der Waals surface area contributed by atoms with E-state index in [2.05, 4.69) is 4.98 Å². The minimum Gasteiger partial charge on any atom is -0.481 e. The maximum absolute atomic E-state index is 11.5. The lowest BCUT2D eigenvalue weighted by molar-refractivity contribution is -0.138. The molecule has 1 unspecified atom stereocenters. The molecule has 1 aromatic carbocycles. The Bertz CT molecular complexity index is 598. The van der Waals surface area contributed by atoms with E-state index in [0.717, 1.165) is 16.7 Å². The van der Waals surface area contributed by atoms with E-state index in [4.69, 9.17) is 11.6 Å². The molecule has 1 heterocycles. The minimum absolute atomic E-state index is 0.375. The molecule has 0 saturated heterocycles. The summed E-state index contributed by atoms with van der Waals surface area (Å²) in [6, 6.07) is 9.08. The van der Waals surface area contributed by atoms with Crippen molar-refractivity contribution < 1.29 is 9.90 Å². The van der Waals surface area contributed by atoms with Gasteiger partial charge in [-0.3, -0.25) is 9.78 Å². The van der Waals surface area contributed by atoms with Crippen LogP contribution in [0.2, 0.25) is 5.02 Å². The van der Waals surface area contributed by atoms with Crippen molar-refractivity contribution in [3.8, 4) is 0 Å². The van der Waals surface area contributed by atoms with Crippen molar-refractivity contribution in [1.29, 1.82) is 0 Å². The average molecular weight is 276 g/mol. The molecule has 19 heavy (non-hydrogen) atoms. The molecule has 0 radical (unpaired) electrons. The number of carboxylic acids is 1. The molecule has 0 bridgehead atoms. The van der Waals surface area contributed by atoms with Crippen molar-refractivity contribution in [1.82, 2.24) is 4.98 Å². The number of hydrogen-bond acceptors (Lipinski definition) is 2. The lowest BCUT2D eigenvalue weighted by Gasteiger charge is -2.15. The van der Waals surface area contributed by atoms with Crippen molar-refractivity contribution in [3.05, 3.63) is 64.4 Å². The maximum Gasteiger partial charge on any atom is 0.311 e. The van der Waals surface area contributed by atoms with E-state index in [9.17, 15) is 9.90 Å². The first-order valence-electron chi connectivity index (χ1n) is 5.96. The minimum atomic E-state index is -0.853. The maximum atomic E-state index is 11.5. The second-order valence-corrected chi connectivity index (χ2v) is 4.83. The van der Waals surface area contributed by atoms with Crippen LogP contribution in [0.1, 0.15) is 22.6 Å². The Hall–Kier alpha value is -1.87. The number of aryl methyl sites for hydroxylation is 1. The van der Waals surface area contributed by atoms with Crippen molar-refractivity contribution in [2.24, 2.45) is 0 Å². The van der Waals surface area contributed by atoms with Gasteiger partial charge in [-0.15, -0.1) is 0 Å². The Morgan fingerprint density at radius 2 is 2.11 bits per heavy atom. The standard InChI is InChI=1S/C15H14ClNO2/c1-10-9-17-7-6-12(10)13(15(18)19)8-11-4-2-3-5-14(11)16/h2-7,9,13H,8H2,1H3,(H,18,19). The average Bonchev–Trinajstić information content (AvgIpc) is 2.38. The first-order valence-corrected chi connectivity index (χ1v) is 6.34. The Balaban J connectivity index is 2.35. The van der Waals surface area contributed by atoms with Crippen LogP contribution in [-0.2, 0) is 11.2 Å². The number of pyridine rings is 1. The molecule has 0 spiro atoms. The van der Waals surface area contributed by atoms with Crippen LogP contribution in [0, 0.1) is 6.92 Å². The molecule has 98 valence electrons. The molecule has 0 aliphatic carbocycles. The van der Waals surface area contributed by atoms with Gasteiger partial charge in [0.2, 0.25) is 0 Å². The molecule has 0 aliphatic rings. The van der Waals surface area contributed by atoms with E-state index >= 15 is 0 Å². The van der Waals surface area contributed by atoms with E-state index in [1.54, 1.807) is 24.5 Å². The summed E-state index contributed by atoms with van der Waals surface area (Å²) in [5.74, 6) is -1.46. The van der Waals surface area contributed by atoms with Crippen LogP contribution in [0.25, 0.3) is 0 Å². The molecule has 0 saturated carbocycles. The van der Waals surface area contributed by atoms with Gasteiger partial charge in [0.1, 0.15) is 0 Å². The van der Waals surface area contributed by atoms with Gasteiger partial charge in [0.15, 0.2) is 0 Å². The van der Waals surface area contributed by atoms with Crippen LogP contribution in [0.15, 0.2) is 42.7 Å². The summed E-state index contributed by atoms with van der Waals surface area (Å²) in [7, 11) is 0. The second-order valence-electron chi connectivity index (χ2n) is 4.42. The molecule has 1 atom stereocenters. The van der Waals surface area contributed by atoms with Gasteiger partial charge in [-0.25, -0.2) is 0 Å². The zero-order valence-corrected chi connectivity index (χ0v) is 11.3. The number of benzene rings is 1. The fourth-order valence-corrected chi connectivity index (χ4v) is 2.30. The summed E-state index contributed by atoms with van der Waals surface area (Å²) in [5, 5.41) is 10.0. The molecule has 2 rings (SSSR count). The number of halogens is 1. The van der Waals surface area contributed by atoms with Crippen molar-refractivity contribution in [3.63, 3.8) is 0 Å². The highest BCUT2D eigenvalue weighted by atomic mass is 35.5. The third kappa shape index (κ3) is 3.12. The van der Waals surface area contributed by atoms with Crippen LogP contribution in [-0.4, -0.2) is 16.1 Å². The van der Waals surface area contributed by atoms with Gasteiger partial charge in [-0.05, 0) is 42.2 Å². The predicted octanol–water partition coefficient (Wildman–Crippen LogP) is 3.45. The van der Waals surface area contributed by atoms with Gasteiger partial charge in [-0.1, -0.05) is 29.8 Å². The smallest absolute Gasteiger partial charge is 0.311 e. The monoisotopic (exact) mass is 275 g/mol. The first kappa shape index (κ1) is 13.6. The van der Waals surface area contributed by atoms with Crippen molar-refractivity contribution in [2.45, 2.75) is 19.3 Å². The van der Waals surface area contributed by atoms with E-state index in [1.165, 1.54) is 0 Å². The SMILES string of the molecule is Cc1cnccc1C(Cc1ccccc1Cl)C(=O)O. The highest BCUT2D eigenvalue weighted by molar-refractivity contribution is 6.31. The van der Waals surface area contributed by atoms with Gasteiger partial charge in [0.25, 0.3) is 0 Å². The van der Waals surface area contributed by atoms with Gasteiger partial charge in [0, 0.05) is 17.4 Å². The topological polar surface area (TPSA) is 50.2 Å². The van der Waals surface area contributed by atoms with Gasteiger partial charge < -0.3 is 5.11 Å². The van der Waals surface area contributed by atoms with E-state index < -0.39 is 11.9 Å². The Morgan fingerprint density at radius 3 is 2.74 bits per heavy atom. The molecule has 1 aromatic heterocycles. The zero-order chi connectivity index (χ0) is 13.8. The number of hydrogen-bond donors (Lipinski definition) is 1. The summed E-state index contributed by atoms with van der Waals surface area (Å²) in [4.78, 5) is 15.5. The third-order valence-corrected chi connectivity index (χ3v) is 3.49. The Labute approximate surface area is 116 Å². The summed E-state index contributed by atoms with van der Waals surface area (Å²) in [6.07, 6.45) is 3.67. The molecular weight excluding hydrogens is 262 g/mol. The van der Waals surface area contributed by atoms with E-state index in [1.807, 2.05) is 25.1 Å². The number of aromatic nitrogens is 1. The van der Waals surface area contributed by atoms with Gasteiger partial charge >= 0.3 is 5.97 Å². The van der Waals surface area contributed by atoms with Crippen LogP contribution < -0.4 is 0 Å². The normalized spacial score (nSPS) is 12.1. The summed E-state index contributed by atoms with van der Waals surface area (Å²) in [6.45, 7) is 1.87. The van der Waals surface area contributed by atoms with Crippen LogP contribution in [0.3, 0.4) is 0 Å². The van der Waals surface area contributed by atoms with E-state index in [0.29, 0.717) is 11.4 Å². The quantitative estimate of drug-likeness (QED) is 0.930. The van der Waals surface area contributed by atoms with Crippen molar-refractivity contribution >= 4 is 17.6 Å². The number of aliphatic carboxylic acids is 1. The van der Waals surface area contributed by atoms with Crippen molar-refractivity contribution in [2.75, 3.05) is 0 Å². The Morgan fingerprint density at radius 1 is 1.37 bits per heavy atom. The lowest BCUT2D eigenvalue weighted by atomic mass is 9.90. The van der Waals surface area contributed by atoms with E-state index in [-0.39, 0.29) is 0 Å². The second kappa shape index (κ2) is 5.85. The lowest BCUT2D eigenvalue weighted by Crippen LogP contribution is -2.16. The molecule has 2 aromatic rings. The van der Waals surface area contributed by atoms with Gasteiger partial charge in [0.05, 0.1) is 5.92 Å². The van der Waals surface area contributed by atoms with Crippen LogP contribution in [0.5, 0.6) is 0 Å². The fraction of sp³-hybridized carbons (Fsp3) is 0.200. The molecule has 0 fully saturated rings. The van der Waals surface area contributed by atoms with Crippen LogP contribution >= 0.6 is 11.6 Å². The molecule has 4 heteroatoms. The predicted molar refractivity (Wildman–Crippen MR) is 74.5 cm³/mol. The van der Waals surface area contributed by atoms with Gasteiger partial charge in [-0.2, -0.15) is 0 Å².